The van der Waals surface area contributed by atoms with E-state index in [2.05, 4.69) is 0 Å². The molecule has 1 aliphatic rings. The number of alkyl halides is 3. The Morgan fingerprint density at radius 3 is 2.60 bits per heavy atom. The van der Waals surface area contributed by atoms with Gasteiger partial charge in [0, 0.05) is 31.5 Å². The minimum absolute atomic E-state index is 0.00958. The zero-order chi connectivity index (χ0) is 14.9. The largest absolute Gasteiger partial charge is 0.418 e. The van der Waals surface area contributed by atoms with E-state index in [1.165, 1.54) is 21.9 Å². The molecular formula is C13H16F3N3O. The van der Waals surface area contributed by atoms with Crippen molar-refractivity contribution in [2.45, 2.75) is 12.6 Å². The molecule has 0 aromatic heterocycles. The normalized spacial score (nSPS) is 17.3. The third kappa shape index (κ3) is 2.97. The molecule has 1 fully saturated rings. The molecule has 0 unspecified atom stereocenters. The Kier molecular flexibility index (Phi) is 3.78. The number of rotatable bonds is 1. The van der Waals surface area contributed by atoms with Gasteiger partial charge in [-0.05, 0) is 24.6 Å². The lowest BCUT2D eigenvalue weighted by Crippen LogP contribution is -2.35. The number of anilines is 2. The third-order valence-corrected chi connectivity index (χ3v) is 3.34. The highest BCUT2D eigenvalue weighted by Gasteiger charge is 2.35. The second-order valence-corrected chi connectivity index (χ2v) is 4.86. The Hall–Kier alpha value is -1.92. The number of amides is 1. The van der Waals surface area contributed by atoms with Crippen LogP contribution in [0, 0.1) is 0 Å². The van der Waals surface area contributed by atoms with Gasteiger partial charge in [-0.2, -0.15) is 13.2 Å². The van der Waals surface area contributed by atoms with Crippen molar-refractivity contribution in [1.29, 1.82) is 0 Å². The summed E-state index contributed by atoms with van der Waals surface area (Å²) in [5, 5.41) is 0. The van der Waals surface area contributed by atoms with Gasteiger partial charge < -0.3 is 15.5 Å². The molecule has 7 heteroatoms. The summed E-state index contributed by atoms with van der Waals surface area (Å²) in [4.78, 5) is 14.8. The zero-order valence-corrected chi connectivity index (χ0v) is 11.1. The van der Waals surface area contributed by atoms with E-state index in [1.54, 1.807) is 7.05 Å². The van der Waals surface area contributed by atoms with Crippen molar-refractivity contribution in [3.8, 4) is 0 Å². The molecule has 0 radical (unpaired) electrons. The topological polar surface area (TPSA) is 49.6 Å². The van der Waals surface area contributed by atoms with E-state index >= 15 is 0 Å². The van der Waals surface area contributed by atoms with Gasteiger partial charge in [-0.25, -0.2) is 0 Å². The van der Waals surface area contributed by atoms with Crippen molar-refractivity contribution in [1.82, 2.24) is 4.90 Å². The maximum absolute atomic E-state index is 13.1. The highest BCUT2D eigenvalue weighted by molar-refractivity contribution is 5.82. The molecule has 1 aliphatic heterocycles. The summed E-state index contributed by atoms with van der Waals surface area (Å²) in [5.41, 5.74) is 4.71. The number of nitrogens with zero attached hydrogens (tertiary/aromatic N) is 2. The van der Waals surface area contributed by atoms with Crippen molar-refractivity contribution >= 4 is 17.3 Å². The lowest BCUT2D eigenvalue weighted by Gasteiger charge is -2.25. The monoisotopic (exact) mass is 287 g/mol. The van der Waals surface area contributed by atoms with Crippen LogP contribution in [0.5, 0.6) is 0 Å². The van der Waals surface area contributed by atoms with Crippen LogP contribution in [0.25, 0.3) is 0 Å². The summed E-state index contributed by atoms with van der Waals surface area (Å²) in [6.07, 6.45) is -3.87. The first-order chi connectivity index (χ1) is 9.29. The number of nitrogen functional groups attached to an aromatic ring is 1. The smallest absolute Gasteiger partial charge is 0.399 e. The van der Waals surface area contributed by atoms with Crippen molar-refractivity contribution in [3.05, 3.63) is 23.8 Å². The van der Waals surface area contributed by atoms with E-state index in [9.17, 15) is 18.0 Å². The summed E-state index contributed by atoms with van der Waals surface area (Å²) in [7, 11) is 1.65. The fourth-order valence-corrected chi connectivity index (χ4v) is 2.25. The zero-order valence-electron chi connectivity index (χ0n) is 11.1. The number of nitrogens with two attached hydrogens (primary N) is 1. The van der Waals surface area contributed by atoms with Crippen LogP contribution in [0.4, 0.5) is 24.5 Å². The maximum Gasteiger partial charge on any atom is 0.418 e. The molecule has 0 atom stereocenters. The van der Waals surface area contributed by atoms with Crippen molar-refractivity contribution in [3.63, 3.8) is 0 Å². The van der Waals surface area contributed by atoms with Gasteiger partial charge in [-0.3, -0.25) is 4.79 Å². The average Bonchev–Trinajstić information content (AvgIpc) is 2.51. The molecule has 4 nitrogen and oxygen atoms in total. The quantitative estimate of drug-likeness (QED) is 0.803. The van der Waals surface area contributed by atoms with E-state index in [1.807, 2.05) is 0 Å². The van der Waals surface area contributed by atoms with Gasteiger partial charge in [0.2, 0.25) is 5.91 Å². The third-order valence-electron chi connectivity index (χ3n) is 3.34. The molecule has 2 N–H and O–H groups in total. The number of carbonyl (C=O) groups is 1. The van der Waals surface area contributed by atoms with Crippen LogP contribution in [0.2, 0.25) is 0 Å². The molecule has 0 saturated carbocycles. The minimum Gasteiger partial charge on any atom is -0.399 e. The van der Waals surface area contributed by atoms with Gasteiger partial charge in [-0.1, -0.05) is 0 Å². The van der Waals surface area contributed by atoms with Crippen LogP contribution in [0.1, 0.15) is 12.0 Å². The van der Waals surface area contributed by atoms with Gasteiger partial charge in [0.1, 0.15) is 0 Å². The number of halogens is 3. The predicted molar refractivity (Wildman–Crippen MR) is 70.3 cm³/mol. The van der Waals surface area contributed by atoms with E-state index in [4.69, 9.17) is 5.73 Å². The number of likely N-dealkylation sites (N-methyl/N-ethyl adjacent to an activating group) is 1. The summed E-state index contributed by atoms with van der Waals surface area (Å²) in [6, 6.07) is 3.66. The first-order valence-corrected chi connectivity index (χ1v) is 6.24. The summed E-state index contributed by atoms with van der Waals surface area (Å²) < 4.78 is 39.2. The summed E-state index contributed by atoms with van der Waals surface area (Å²) in [6.45, 7) is 0.901. The first kappa shape index (κ1) is 14.5. The van der Waals surface area contributed by atoms with E-state index in [-0.39, 0.29) is 23.8 Å². The van der Waals surface area contributed by atoms with Crippen LogP contribution < -0.4 is 10.6 Å². The summed E-state index contributed by atoms with van der Waals surface area (Å²) in [5.74, 6) is -0.188. The maximum atomic E-state index is 13.1. The molecule has 1 amide bonds. The molecule has 2 rings (SSSR count). The Morgan fingerprint density at radius 1 is 1.25 bits per heavy atom. The fourth-order valence-electron chi connectivity index (χ4n) is 2.25. The lowest BCUT2D eigenvalue weighted by molar-refractivity contribution is -0.137. The molecule has 20 heavy (non-hydrogen) atoms. The van der Waals surface area contributed by atoms with Crippen LogP contribution in [-0.4, -0.2) is 37.5 Å². The van der Waals surface area contributed by atoms with Gasteiger partial charge in [0.05, 0.1) is 12.1 Å². The number of hydrogen-bond acceptors (Lipinski definition) is 3. The standard InChI is InChI=1S/C13H16F3N3O/c1-18-5-2-6-19(8-12(18)20)11-4-3-9(17)7-10(11)13(14,15)16/h3-4,7H,2,5-6,8,17H2,1H3. The molecule has 110 valence electrons. The molecule has 0 aliphatic carbocycles. The summed E-state index contributed by atoms with van der Waals surface area (Å²) >= 11 is 0. The molecule has 1 heterocycles. The van der Waals surface area contributed by atoms with E-state index < -0.39 is 11.7 Å². The molecule has 1 saturated heterocycles. The minimum atomic E-state index is -4.49. The van der Waals surface area contributed by atoms with Crippen LogP contribution in [0.3, 0.4) is 0 Å². The SMILES string of the molecule is CN1CCCN(c2ccc(N)cc2C(F)(F)F)CC1=O. The molecule has 0 spiro atoms. The van der Waals surface area contributed by atoms with Crippen LogP contribution in [-0.2, 0) is 11.0 Å². The van der Waals surface area contributed by atoms with Gasteiger partial charge in [0.25, 0.3) is 0 Å². The van der Waals surface area contributed by atoms with Crippen molar-refractivity contribution in [2.24, 2.45) is 0 Å². The molecular weight excluding hydrogens is 271 g/mol. The second-order valence-electron chi connectivity index (χ2n) is 4.86. The van der Waals surface area contributed by atoms with Crippen molar-refractivity contribution < 1.29 is 18.0 Å². The van der Waals surface area contributed by atoms with Gasteiger partial charge >= 0.3 is 6.18 Å². The van der Waals surface area contributed by atoms with Crippen LogP contribution >= 0.6 is 0 Å². The molecule has 1 aromatic carbocycles. The Morgan fingerprint density at radius 2 is 1.95 bits per heavy atom. The second kappa shape index (κ2) is 5.22. The Balaban J connectivity index is 2.39. The predicted octanol–water partition coefficient (Wildman–Crippen LogP) is 1.96. The van der Waals surface area contributed by atoms with Gasteiger partial charge in [-0.15, -0.1) is 0 Å². The van der Waals surface area contributed by atoms with E-state index in [0.29, 0.717) is 19.5 Å². The highest BCUT2D eigenvalue weighted by Crippen LogP contribution is 2.38. The van der Waals surface area contributed by atoms with E-state index in [0.717, 1.165) is 6.07 Å². The fraction of sp³-hybridized carbons (Fsp3) is 0.462. The average molecular weight is 287 g/mol. The Bertz CT molecular complexity index is 516. The number of benzene rings is 1. The molecule has 1 aromatic rings. The lowest BCUT2D eigenvalue weighted by atomic mass is 10.1. The first-order valence-electron chi connectivity index (χ1n) is 6.24. The van der Waals surface area contributed by atoms with Crippen molar-refractivity contribution in [2.75, 3.05) is 37.3 Å². The molecule has 0 bridgehead atoms. The Labute approximate surface area is 114 Å². The number of hydrogen-bond donors (Lipinski definition) is 1. The highest BCUT2D eigenvalue weighted by atomic mass is 19.4. The van der Waals surface area contributed by atoms with Gasteiger partial charge in [0.15, 0.2) is 0 Å². The number of carbonyl (C=O) groups excluding carboxylic acids is 1. The van der Waals surface area contributed by atoms with Crippen LogP contribution in [0.15, 0.2) is 18.2 Å².